The smallest absolute Gasteiger partial charge is 0.307 e. The standard InChI is InChI=1S/C12H12N2O2/c1-9-6-7-14(13-9)11-4-2-10(3-5-11)8-12(15)16/h2-7H,8H2,1H3,(H,15,16). The minimum atomic E-state index is -0.817. The van der Waals surface area contributed by atoms with Crippen LogP contribution in [0.3, 0.4) is 0 Å². The highest BCUT2D eigenvalue weighted by atomic mass is 16.4. The molecular weight excluding hydrogens is 204 g/mol. The zero-order valence-corrected chi connectivity index (χ0v) is 8.92. The Bertz CT molecular complexity index is 500. The highest BCUT2D eigenvalue weighted by Gasteiger charge is 2.01. The SMILES string of the molecule is Cc1ccn(-c2ccc(CC(=O)O)cc2)n1. The summed E-state index contributed by atoms with van der Waals surface area (Å²) in [5.74, 6) is -0.817. The molecule has 0 atom stereocenters. The van der Waals surface area contributed by atoms with E-state index in [1.807, 2.05) is 31.3 Å². The number of aryl methyl sites for hydroxylation is 1. The summed E-state index contributed by atoms with van der Waals surface area (Å²) >= 11 is 0. The number of hydrogen-bond acceptors (Lipinski definition) is 2. The van der Waals surface area contributed by atoms with E-state index in [9.17, 15) is 4.79 Å². The molecule has 2 aromatic rings. The van der Waals surface area contributed by atoms with Crippen molar-refractivity contribution in [1.29, 1.82) is 0 Å². The Balaban J connectivity index is 2.22. The van der Waals surface area contributed by atoms with Gasteiger partial charge in [0.25, 0.3) is 0 Å². The van der Waals surface area contributed by atoms with Gasteiger partial charge in [0.15, 0.2) is 0 Å². The maximum absolute atomic E-state index is 10.5. The van der Waals surface area contributed by atoms with E-state index in [-0.39, 0.29) is 6.42 Å². The van der Waals surface area contributed by atoms with Gasteiger partial charge in [0.1, 0.15) is 0 Å². The first-order valence-electron chi connectivity index (χ1n) is 4.98. The van der Waals surface area contributed by atoms with Crippen LogP contribution in [0.2, 0.25) is 0 Å². The average molecular weight is 216 g/mol. The minimum absolute atomic E-state index is 0.0540. The Hall–Kier alpha value is -2.10. The molecule has 0 radical (unpaired) electrons. The molecule has 0 saturated carbocycles. The number of aromatic nitrogens is 2. The summed E-state index contributed by atoms with van der Waals surface area (Å²) < 4.78 is 1.76. The van der Waals surface area contributed by atoms with Crippen LogP contribution in [0.15, 0.2) is 36.5 Å². The lowest BCUT2D eigenvalue weighted by Gasteiger charge is -2.02. The molecule has 1 aromatic heterocycles. The molecule has 0 fully saturated rings. The molecule has 0 unspecified atom stereocenters. The summed E-state index contributed by atoms with van der Waals surface area (Å²) in [5.41, 5.74) is 2.68. The van der Waals surface area contributed by atoms with E-state index in [1.54, 1.807) is 16.8 Å². The second-order valence-corrected chi connectivity index (χ2v) is 3.64. The van der Waals surface area contributed by atoms with Gasteiger partial charge in [-0.05, 0) is 30.7 Å². The monoisotopic (exact) mass is 216 g/mol. The topological polar surface area (TPSA) is 55.1 Å². The van der Waals surface area contributed by atoms with E-state index >= 15 is 0 Å². The lowest BCUT2D eigenvalue weighted by molar-refractivity contribution is -0.136. The lowest BCUT2D eigenvalue weighted by Crippen LogP contribution is -2.00. The Labute approximate surface area is 93.1 Å². The van der Waals surface area contributed by atoms with E-state index in [4.69, 9.17) is 5.11 Å². The van der Waals surface area contributed by atoms with Crippen LogP contribution in [0.25, 0.3) is 5.69 Å². The molecule has 0 aliphatic rings. The summed E-state index contributed by atoms with van der Waals surface area (Å²) in [7, 11) is 0. The summed E-state index contributed by atoms with van der Waals surface area (Å²) in [6, 6.07) is 9.27. The number of nitrogens with zero attached hydrogens (tertiary/aromatic N) is 2. The summed E-state index contributed by atoms with van der Waals surface area (Å²) in [6.45, 7) is 1.93. The lowest BCUT2D eigenvalue weighted by atomic mass is 10.1. The van der Waals surface area contributed by atoms with Gasteiger partial charge in [-0.1, -0.05) is 12.1 Å². The number of aliphatic carboxylic acids is 1. The van der Waals surface area contributed by atoms with E-state index in [2.05, 4.69) is 5.10 Å². The first-order valence-corrected chi connectivity index (χ1v) is 4.98. The van der Waals surface area contributed by atoms with Gasteiger partial charge in [0.2, 0.25) is 0 Å². The van der Waals surface area contributed by atoms with E-state index in [0.717, 1.165) is 16.9 Å². The first-order chi connectivity index (χ1) is 7.65. The normalized spacial score (nSPS) is 10.3. The highest BCUT2D eigenvalue weighted by Crippen LogP contribution is 2.10. The third-order valence-electron chi connectivity index (χ3n) is 2.28. The molecule has 4 nitrogen and oxygen atoms in total. The molecule has 0 bridgehead atoms. The van der Waals surface area contributed by atoms with Gasteiger partial charge in [-0.15, -0.1) is 0 Å². The van der Waals surface area contributed by atoms with Crippen LogP contribution in [-0.2, 0) is 11.2 Å². The van der Waals surface area contributed by atoms with Crippen molar-refractivity contribution < 1.29 is 9.90 Å². The minimum Gasteiger partial charge on any atom is -0.481 e. The van der Waals surface area contributed by atoms with Crippen molar-refractivity contribution in [2.45, 2.75) is 13.3 Å². The Morgan fingerprint density at radius 2 is 2.00 bits per heavy atom. The van der Waals surface area contributed by atoms with Crippen molar-refractivity contribution in [3.05, 3.63) is 47.8 Å². The van der Waals surface area contributed by atoms with Crippen molar-refractivity contribution in [3.8, 4) is 5.69 Å². The summed E-state index contributed by atoms with van der Waals surface area (Å²) in [5, 5.41) is 12.9. The van der Waals surface area contributed by atoms with Crippen LogP contribution in [0.5, 0.6) is 0 Å². The van der Waals surface area contributed by atoms with Gasteiger partial charge in [0, 0.05) is 6.20 Å². The molecular formula is C12H12N2O2. The second-order valence-electron chi connectivity index (χ2n) is 3.64. The van der Waals surface area contributed by atoms with Crippen LogP contribution in [0.4, 0.5) is 0 Å². The van der Waals surface area contributed by atoms with Gasteiger partial charge in [-0.2, -0.15) is 5.10 Å². The van der Waals surface area contributed by atoms with Gasteiger partial charge in [-0.3, -0.25) is 4.79 Å². The molecule has 0 spiro atoms. The van der Waals surface area contributed by atoms with Crippen LogP contribution in [0, 0.1) is 6.92 Å². The van der Waals surface area contributed by atoms with Crippen LogP contribution >= 0.6 is 0 Å². The van der Waals surface area contributed by atoms with Crippen LogP contribution < -0.4 is 0 Å². The van der Waals surface area contributed by atoms with Crippen molar-refractivity contribution in [2.75, 3.05) is 0 Å². The molecule has 16 heavy (non-hydrogen) atoms. The highest BCUT2D eigenvalue weighted by molar-refractivity contribution is 5.70. The van der Waals surface area contributed by atoms with Crippen LogP contribution in [-0.4, -0.2) is 20.9 Å². The fourth-order valence-corrected chi connectivity index (χ4v) is 1.50. The maximum Gasteiger partial charge on any atom is 0.307 e. The molecule has 1 heterocycles. The molecule has 0 amide bonds. The Morgan fingerprint density at radius 3 is 2.50 bits per heavy atom. The predicted molar refractivity (Wildman–Crippen MR) is 59.6 cm³/mol. The quantitative estimate of drug-likeness (QED) is 0.851. The van der Waals surface area contributed by atoms with E-state index in [0.29, 0.717) is 0 Å². The van der Waals surface area contributed by atoms with Gasteiger partial charge in [-0.25, -0.2) is 4.68 Å². The molecule has 1 aromatic carbocycles. The third-order valence-corrected chi connectivity index (χ3v) is 2.28. The largest absolute Gasteiger partial charge is 0.481 e. The average Bonchev–Trinajstić information content (AvgIpc) is 2.65. The van der Waals surface area contributed by atoms with Gasteiger partial charge >= 0.3 is 5.97 Å². The maximum atomic E-state index is 10.5. The Morgan fingerprint density at radius 1 is 1.31 bits per heavy atom. The molecule has 1 N–H and O–H groups in total. The van der Waals surface area contributed by atoms with Crippen molar-refractivity contribution in [1.82, 2.24) is 9.78 Å². The van der Waals surface area contributed by atoms with Crippen molar-refractivity contribution in [2.24, 2.45) is 0 Å². The predicted octanol–water partition coefficient (Wildman–Crippen LogP) is 1.81. The molecule has 82 valence electrons. The molecule has 2 rings (SSSR count). The summed E-state index contributed by atoms with van der Waals surface area (Å²) in [4.78, 5) is 10.5. The Kier molecular flexibility index (Phi) is 2.72. The van der Waals surface area contributed by atoms with E-state index in [1.165, 1.54) is 0 Å². The fourth-order valence-electron chi connectivity index (χ4n) is 1.50. The van der Waals surface area contributed by atoms with Gasteiger partial charge in [0.05, 0.1) is 17.8 Å². The molecule has 0 saturated heterocycles. The second kappa shape index (κ2) is 4.18. The number of hydrogen-bond donors (Lipinski definition) is 1. The van der Waals surface area contributed by atoms with E-state index < -0.39 is 5.97 Å². The van der Waals surface area contributed by atoms with Gasteiger partial charge < -0.3 is 5.11 Å². The number of benzene rings is 1. The first kappa shape index (κ1) is 10.4. The van der Waals surface area contributed by atoms with Crippen molar-refractivity contribution in [3.63, 3.8) is 0 Å². The number of rotatable bonds is 3. The van der Waals surface area contributed by atoms with Crippen molar-refractivity contribution >= 4 is 5.97 Å². The fraction of sp³-hybridized carbons (Fsp3) is 0.167. The number of carboxylic acids is 1. The number of carbonyl (C=O) groups is 1. The zero-order valence-electron chi connectivity index (χ0n) is 8.92. The summed E-state index contributed by atoms with van der Waals surface area (Å²) in [6.07, 6.45) is 1.93. The molecule has 0 aliphatic carbocycles. The number of carboxylic acid groups (broad SMARTS) is 1. The van der Waals surface area contributed by atoms with Crippen LogP contribution in [0.1, 0.15) is 11.3 Å². The third kappa shape index (κ3) is 2.28. The molecule has 4 heteroatoms. The zero-order chi connectivity index (χ0) is 11.5. The molecule has 0 aliphatic heterocycles.